The first kappa shape index (κ1) is 18.5. The van der Waals surface area contributed by atoms with E-state index < -0.39 is 0 Å². The molecule has 1 aliphatic heterocycles. The summed E-state index contributed by atoms with van der Waals surface area (Å²) in [6.45, 7) is 9.86. The number of hydrogen-bond acceptors (Lipinski definition) is 6. The number of benzene rings is 1. The van der Waals surface area contributed by atoms with Crippen LogP contribution in [0.4, 0.5) is 5.82 Å². The lowest BCUT2D eigenvalue weighted by atomic mass is 10.1. The van der Waals surface area contributed by atoms with Crippen molar-refractivity contribution in [1.82, 2.24) is 19.5 Å². The van der Waals surface area contributed by atoms with E-state index in [0.29, 0.717) is 11.3 Å². The topological polar surface area (TPSA) is 78.9 Å². The number of rotatable bonds is 4. The molecule has 2 aromatic heterocycles. The summed E-state index contributed by atoms with van der Waals surface area (Å²) in [7, 11) is 0. The van der Waals surface area contributed by atoms with Crippen LogP contribution in [0.3, 0.4) is 0 Å². The Kier molecular flexibility index (Phi) is 5.66. The quantitative estimate of drug-likeness (QED) is 0.739. The number of nitrogens with zero attached hydrogens (tertiary/aromatic N) is 4. The number of ether oxygens (including phenoxy) is 1. The highest BCUT2D eigenvalue weighted by Gasteiger charge is 2.19. The van der Waals surface area contributed by atoms with Crippen molar-refractivity contribution >= 4 is 28.7 Å². The summed E-state index contributed by atoms with van der Waals surface area (Å²) < 4.78 is 7.77. The summed E-state index contributed by atoms with van der Waals surface area (Å²) >= 11 is 1.65. The molecule has 0 radical (unpaired) electrons. The van der Waals surface area contributed by atoms with Crippen molar-refractivity contribution in [2.75, 3.05) is 12.3 Å². The summed E-state index contributed by atoms with van der Waals surface area (Å²) in [4.78, 5) is 14.3. The van der Waals surface area contributed by atoms with Gasteiger partial charge in [-0.05, 0) is 36.6 Å². The van der Waals surface area contributed by atoms with Gasteiger partial charge in [0.1, 0.15) is 12.1 Å². The molecule has 0 saturated heterocycles. The minimum Gasteiger partial charge on any atom is -0.493 e. The highest BCUT2D eigenvalue weighted by atomic mass is 32.2. The number of nitrogen functional groups attached to an aromatic ring is 1. The van der Waals surface area contributed by atoms with Gasteiger partial charge in [0.15, 0.2) is 22.1 Å². The fourth-order valence-corrected chi connectivity index (χ4v) is 3.99. The maximum Gasteiger partial charge on any atom is 0.175 e. The van der Waals surface area contributed by atoms with Gasteiger partial charge in [-0.15, -0.1) is 0 Å². The molecule has 0 saturated carbocycles. The van der Waals surface area contributed by atoms with E-state index in [1.165, 1.54) is 22.3 Å². The van der Waals surface area contributed by atoms with Gasteiger partial charge in [0.2, 0.25) is 0 Å². The van der Waals surface area contributed by atoms with Gasteiger partial charge in [-0.1, -0.05) is 32.5 Å². The summed E-state index contributed by atoms with van der Waals surface area (Å²) in [5, 5.41) is 0.904. The molecule has 0 atom stereocenters. The molecule has 0 amide bonds. The van der Waals surface area contributed by atoms with E-state index >= 15 is 0 Å². The molecule has 0 fully saturated rings. The molecule has 2 N–H and O–H groups in total. The number of hydrogen-bond donors (Lipinski definition) is 1. The van der Waals surface area contributed by atoms with Gasteiger partial charge in [-0.25, -0.2) is 15.0 Å². The standard InChI is InChI=1S/C17H19N5OS.C2H6/c1-3-5-22-16-14(15(18)19-9-20-16)21-17(22)24-13-8-11-4-6-23-12(11)7-10(13)2;1-2/h7-9H,3-6H2,1-2H3,(H2,18,19,20);1-2H3. The third-order valence-corrected chi connectivity index (χ3v) is 5.31. The Morgan fingerprint density at radius 2 is 2.08 bits per heavy atom. The lowest BCUT2D eigenvalue weighted by molar-refractivity contribution is 0.356. The summed E-state index contributed by atoms with van der Waals surface area (Å²) in [6, 6.07) is 4.33. The van der Waals surface area contributed by atoms with Crippen LogP contribution in [0, 0.1) is 6.92 Å². The molecule has 26 heavy (non-hydrogen) atoms. The van der Waals surface area contributed by atoms with Crippen LogP contribution in [-0.2, 0) is 13.0 Å². The van der Waals surface area contributed by atoms with Crippen LogP contribution in [0.25, 0.3) is 11.2 Å². The van der Waals surface area contributed by atoms with E-state index in [2.05, 4.69) is 40.5 Å². The van der Waals surface area contributed by atoms with E-state index in [-0.39, 0.29) is 0 Å². The van der Waals surface area contributed by atoms with Crippen LogP contribution in [-0.4, -0.2) is 26.1 Å². The minimum absolute atomic E-state index is 0.427. The zero-order valence-electron chi connectivity index (χ0n) is 15.7. The average molecular weight is 372 g/mol. The molecule has 138 valence electrons. The fourth-order valence-electron chi connectivity index (χ4n) is 2.95. The number of imidazole rings is 1. The first-order valence-electron chi connectivity index (χ1n) is 9.08. The maximum absolute atomic E-state index is 5.98. The molecular formula is C19H25N5OS. The van der Waals surface area contributed by atoms with Crippen molar-refractivity contribution in [3.63, 3.8) is 0 Å². The summed E-state index contributed by atoms with van der Waals surface area (Å²) in [5.41, 5.74) is 9.91. The molecule has 1 aliphatic rings. The zero-order valence-corrected chi connectivity index (χ0v) is 16.6. The van der Waals surface area contributed by atoms with Crippen LogP contribution < -0.4 is 10.5 Å². The first-order valence-corrected chi connectivity index (χ1v) is 9.90. The van der Waals surface area contributed by atoms with Crippen molar-refractivity contribution < 1.29 is 4.74 Å². The largest absolute Gasteiger partial charge is 0.493 e. The van der Waals surface area contributed by atoms with Gasteiger partial charge >= 0.3 is 0 Å². The molecule has 3 heterocycles. The van der Waals surface area contributed by atoms with Crippen molar-refractivity contribution in [2.45, 2.75) is 57.1 Å². The van der Waals surface area contributed by atoms with E-state index in [1.807, 2.05) is 13.8 Å². The SMILES string of the molecule is CC.CCCn1c(Sc2cc3c(cc2C)OCC3)nc2c(N)ncnc21. The van der Waals surface area contributed by atoms with Gasteiger partial charge < -0.3 is 15.0 Å². The van der Waals surface area contributed by atoms with Crippen molar-refractivity contribution in [3.8, 4) is 5.75 Å². The van der Waals surface area contributed by atoms with Crippen molar-refractivity contribution in [2.24, 2.45) is 0 Å². The number of nitrogens with two attached hydrogens (primary N) is 1. The second-order valence-electron chi connectivity index (χ2n) is 5.90. The Morgan fingerprint density at radius 1 is 1.27 bits per heavy atom. The number of aromatic nitrogens is 4. The first-order chi connectivity index (χ1) is 12.7. The Labute approximate surface area is 158 Å². The van der Waals surface area contributed by atoms with Gasteiger partial charge in [0.25, 0.3) is 0 Å². The van der Waals surface area contributed by atoms with E-state index in [4.69, 9.17) is 15.5 Å². The lowest BCUT2D eigenvalue weighted by Gasteiger charge is -2.10. The Hall–Kier alpha value is -2.28. The van der Waals surface area contributed by atoms with Gasteiger partial charge in [0.05, 0.1) is 6.61 Å². The highest BCUT2D eigenvalue weighted by molar-refractivity contribution is 7.99. The molecular weight excluding hydrogens is 346 g/mol. The molecule has 4 rings (SSSR count). The Balaban J connectivity index is 0.000000948. The molecule has 3 aromatic rings. The molecule has 0 unspecified atom stereocenters. The van der Waals surface area contributed by atoms with Crippen LogP contribution in [0.15, 0.2) is 28.5 Å². The molecule has 0 spiro atoms. The highest BCUT2D eigenvalue weighted by Crippen LogP contribution is 2.37. The second kappa shape index (κ2) is 7.95. The number of aryl methyl sites for hydroxylation is 2. The molecule has 6 nitrogen and oxygen atoms in total. The summed E-state index contributed by atoms with van der Waals surface area (Å²) in [6.07, 6.45) is 3.46. The van der Waals surface area contributed by atoms with Crippen molar-refractivity contribution in [1.29, 1.82) is 0 Å². The van der Waals surface area contributed by atoms with E-state index in [0.717, 1.165) is 42.5 Å². The predicted octanol–water partition coefficient (Wildman–Crippen LogP) is 4.24. The lowest BCUT2D eigenvalue weighted by Crippen LogP contribution is -2.01. The van der Waals surface area contributed by atoms with Crippen LogP contribution in [0.2, 0.25) is 0 Å². The predicted molar refractivity (Wildman–Crippen MR) is 106 cm³/mol. The van der Waals surface area contributed by atoms with Crippen LogP contribution in [0.1, 0.15) is 38.3 Å². The maximum atomic E-state index is 5.98. The van der Waals surface area contributed by atoms with E-state index in [9.17, 15) is 0 Å². The van der Waals surface area contributed by atoms with Gasteiger partial charge in [0, 0.05) is 17.9 Å². The van der Waals surface area contributed by atoms with Crippen molar-refractivity contribution in [3.05, 3.63) is 29.6 Å². The summed E-state index contributed by atoms with van der Waals surface area (Å²) in [5.74, 6) is 1.44. The molecule has 0 bridgehead atoms. The van der Waals surface area contributed by atoms with Gasteiger partial charge in [-0.2, -0.15) is 0 Å². The number of anilines is 1. The third-order valence-electron chi connectivity index (χ3n) is 4.16. The Bertz CT molecular complexity index is 922. The van der Waals surface area contributed by atoms with Crippen LogP contribution in [0.5, 0.6) is 5.75 Å². The molecule has 7 heteroatoms. The second-order valence-corrected chi connectivity index (χ2v) is 6.91. The minimum atomic E-state index is 0.427. The van der Waals surface area contributed by atoms with Gasteiger partial charge in [-0.3, -0.25) is 0 Å². The molecule has 0 aliphatic carbocycles. The smallest absolute Gasteiger partial charge is 0.175 e. The normalized spacial score (nSPS) is 12.5. The Morgan fingerprint density at radius 3 is 2.85 bits per heavy atom. The van der Waals surface area contributed by atoms with Crippen LogP contribution >= 0.6 is 11.8 Å². The number of fused-ring (bicyclic) bond motifs is 2. The average Bonchev–Trinajstić information content (AvgIpc) is 3.23. The van der Waals surface area contributed by atoms with E-state index in [1.54, 1.807) is 11.8 Å². The fraction of sp³-hybridized carbons (Fsp3) is 0.421. The molecule has 1 aromatic carbocycles. The monoisotopic (exact) mass is 371 g/mol. The zero-order chi connectivity index (χ0) is 18.7. The third kappa shape index (κ3) is 3.35.